The molecule has 0 aliphatic carbocycles. The SMILES string of the molecule is N#Cc1ccc(Oc2n[c]cs2)c(C#N)c1. The van der Waals surface area contributed by atoms with E-state index in [1.54, 1.807) is 17.5 Å². The number of benzene rings is 1. The number of hydrogen-bond donors (Lipinski definition) is 0. The monoisotopic (exact) mass is 226 g/mol. The Balaban J connectivity index is 2.36. The van der Waals surface area contributed by atoms with Crippen molar-refractivity contribution in [3.63, 3.8) is 0 Å². The first kappa shape index (κ1) is 10.2. The van der Waals surface area contributed by atoms with Gasteiger partial charge in [-0.15, -0.1) is 0 Å². The van der Waals surface area contributed by atoms with Crippen LogP contribution in [0.25, 0.3) is 0 Å². The van der Waals surface area contributed by atoms with Gasteiger partial charge in [0.05, 0.1) is 17.2 Å². The number of nitrogens with zero attached hydrogens (tertiary/aromatic N) is 3. The van der Waals surface area contributed by atoms with Crippen molar-refractivity contribution in [1.29, 1.82) is 10.5 Å². The van der Waals surface area contributed by atoms with Gasteiger partial charge in [-0.05, 0) is 18.2 Å². The Kier molecular flexibility index (Phi) is 2.81. The van der Waals surface area contributed by atoms with Crippen molar-refractivity contribution in [2.45, 2.75) is 0 Å². The number of thiazole rings is 1. The average molecular weight is 226 g/mol. The van der Waals surface area contributed by atoms with Crippen molar-refractivity contribution < 1.29 is 4.74 Å². The predicted octanol–water partition coefficient (Wildman–Crippen LogP) is 2.48. The summed E-state index contributed by atoms with van der Waals surface area (Å²) in [4.78, 5) is 3.83. The minimum absolute atomic E-state index is 0.314. The van der Waals surface area contributed by atoms with Crippen LogP contribution in [-0.2, 0) is 0 Å². The summed E-state index contributed by atoms with van der Waals surface area (Å²) in [5, 5.41) is 19.7. The summed E-state index contributed by atoms with van der Waals surface area (Å²) < 4.78 is 5.38. The third-order valence-electron chi connectivity index (χ3n) is 1.79. The fourth-order valence-corrected chi connectivity index (χ4v) is 1.55. The van der Waals surface area contributed by atoms with Crippen LogP contribution in [0.4, 0.5) is 0 Å². The lowest BCUT2D eigenvalue weighted by molar-refractivity contribution is 0.477. The van der Waals surface area contributed by atoms with E-state index in [2.05, 4.69) is 11.2 Å². The van der Waals surface area contributed by atoms with E-state index >= 15 is 0 Å². The maximum absolute atomic E-state index is 8.90. The fourth-order valence-electron chi connectivity index (χ4n) is 1.10. The van der Waals surface area contributed by atoms with Crippen LogP contribution in [-0.4, -0.2) is 4.98 Å². The van der Waals surface area contributed by atoms with Gasteiger partial charge < -0.3 is 4.74 Å². The molecule has 0 amide bonds. The van der Waals surface area contributed by atoms with Gasteiger partial charge in [-0.3, -0.25) is 0 Å². The molecule has 1 aromatic carbocycles. The van der Waals surface area contributed by atoms with Crippen LogP contribution in [0.5, 0.6) is 10.9 Å². The van der Waals surface area contributed by atoms with Crippen LogP contribution < -0.4 is 4.74 Å². The summed E-state index contributed by atoms with van der Waals surface area (Å²) in [5.41, 5.74) is 0.740. The second-order valence-corrected chi connectivity index (χ2v) is 3.60. The molecule has 16 heavy (non-hydrogen) atoms. The topological polar surface area (TPSA) is 69.7 Å². The van der Waals surface area contributed by atoms with Crippen molar-refractivity contribution in [1.82, 2.24) is 4.98 Å². The summed E-state index contributed by atoms with van der Waals surface area (Å²) in [6.07, 6.45) is 2.62. The fraction of sp³-hybridized carbons (Fsp3) is 0. The van der Waals surface area contributed by atoms with Crippen molar-refractivity contribution in [3.05, 3.63) is 40.9 Å². The number of rotatable bonds is 2. The lowest BCUT2D eigenvalue weighted by Crippen LogP contribution is -1.88. The smallest absolute Gasteiger partial charge is 0.279 e. The van der Waals surface area contributed by atoms with E-state index in [4.69, 9.17) is 15.3 Å². The molecule has 0 N–H and O–H groups in total. The molecule has 0 fully saturated rings. The standard InChI is InChI=1S/C11H4N3OS/c12-6-8-1-2-10(9(5-8)7-13)15-11-14-3-4-16-11/h1-2,4-5H. The van der Waals surface area contributed by atoms with E-state index < -0.39 is 0 Å². The summed E-state index contributed by atoms with van der Waals surface area (Å²) in [7, 11) is 0. The highest BCUT2D eigenvalue weighted by Gasteiger charge is 2.07. The lowest BCUT2D eigenvalue weighted by Gasteiger charge is -2.03. The van der Waals surface area contributed by atoms with Gasteiger partial charge in [-0.2, -0.15) is 10.5 Å². The van der Waals surface area contributed by atoms with Crippen LogP contribution in [0, 0.1) is 28.9 Å². The second kappa shape index (κ2) is 4.43. The first-order chi connectivity index (χ1) is 7.83. The molecule has 75 valence electrons. The molecule has 0 atom stereocenters. The minimum Gasteiger partial charge on any atom is -0.429 e. The molecule has 4 nitrogen and oxygen atoms in total. The molecule has 1 heterocycles. The van der Waals surface area contributed by atoms with E-state index in [1.165, 1.54) is 17.4 Å². The quantitative estimate of drug-likeness (QED) is 0.788. The van der Waals surface area contributed by atoms with Crippen LogP contribution >= 0.6 is 11.3 Å². The first-order valence-corrected chi connectivity index (χ1v) is 5.15. The third kappa shape index (κ3) is 2.00. The second-order valence-electron chi connectivity index (χ2n) is 2.78. The maximum Gasteiger partial charge on any atom is 0.279 e. The van der Waals surface area contributed by atoms with Gasteiger partial charge in [-0.25, -0.2) is 4.98 Å². The van der Waals surface area contributed by atoms with Gasteiger partial charge >= 0.3 is 0 Å². The molecule has 1 aromatic heterocycles. The minimum atomic E-state index is 0.314. The molecular weight excluding hydrogens is 222 g/mol. The van der Waals surface area contributed by atoms with E-state index in [-0.39, 0.29) is 0 Å². The average Bonchev–Trinajstić information content (AvgIpc) is 2.82. The summed E-state index contributed by atoms with van der Waals surface area (Å²) >= 11 is 1.28. The number of ether oxygens (including phenoxy) is 1. The van der Waals surface area contributed by atoms with Crippen LogP contribution in [0.2, 0.25) is 0 Å². The van der Waals surface area contributed by atoms with Crippen LogP contribution in [0.15, 0.2) is 23.6 Å². The van der Waals surface area contributed by atoms with Crippen molar-refractivity contribution in [3.8, 4) is 23.1 Å². The van der Waals surface area contributed by atoms with Gasteiger partial charge in [0.25, 0.3) is 5.19 Å². The maximum atomic E-state index is 8.90. The number of hydrogen-bond acceptors (Lipinski definition) is 5. The molecule has 0 spiro atoms. The van der Waals surface area contributed by atoms with Crippen LogP contribution in [0.3, 0.4) is 0 Å². The number of aromatic nitrogens is 1. The van der Waals surface area contributed by atoms with Crippen molar-refractivity contribution in [2.24, 2.45) is 0 Å². The third-order valence-corrected chi connectivity index (χ3v) is 2.39. The summed E-state index contributed by atoms with van der Waals surface area (Å²) in [5.74, 6) is 0.393. The molecule has 1 radical (unpaired) electrons. The molecular formula is C11H4N3OS. The van der Waals surface area contributed by atoms with Gasteiger partial charge in [-0.1, -0.05) is 11.3 Å². The zero-order valence-electron chi connectivity index (χ0n) is 7.97. The van der Waals surface area contributed by atoms with E-state index in [9.17, 15) is 0 Å². The summed E-state index contributed by atoms with van der Waals surface area (Å²) in [6.45, 7) is 0. The molecule has 0 aliphatic rings. The van der Waals surface area contributed by atoms with Crippen LogP contribution in [0.1, 0.15) is 11.1 Å². The first-order valence-electron chi connectivity index (χ1n) is 4.27. The van der Waals surface area contributed by atoms with Gasteiger partial charge in [0.2, 0.25) is 0 Å². The Morgan fingerprint density at radius 1 is 1.31 bits per heavy atom. The van der Waals surface area contributed by atoms with Crippen molar-refractivity contribution >= 4 is 11.3 Å². The number of nitriles is 2. The molecule has 0 saturated heterocycles. The highest BCUT2D eigenvalue weighted by atomic mass is 32.1. The Morgan fingerprint density at radius 3 is 2.81 bits per heavy atom. The molecule has 0 unspecified atom stereocenters. The van der Waals surface area contributed by atoms with Crippen molar-refractivity contribution in [2.75, 3.05) is 0 Å². The normalized spacial score (nSPS) is 9.12. The molecule has 2 aromatic rings. The highest BCUT2D eigenvalue weighted by Crippen LogP contribution is 2.26. The molecule has 2 rings (SSSR count). The Bertz CT molecular complexity index is 578. The Morgan fingerprint density at radius 2 is 2.19 bits per heavy atom. The highest BCUT2D eigenvalue weighted by molar-refractivity contribution is 7.11. The van der Waals surface area contributed by atoms with E-state index in [0.717, 1.165) is 0 Å². The summed E-state index contributed by atoms with van der Waals surface area (Å²) in [6, 6.07) is 8.59. The van der Waals surface area contributed by atoms with Gasteiger partial charge in [0.1, 0.15) is 18.0 Å². The lowest BCUT2D eigenvalue weighted by atomic mass is 10.1. The largest absolute Gasteiger partial charge is 0.429 e. The zero-order valence-corrected chi connectivity index (χ0v) is 8.78. The van der Waals surface area contributed by atoms with Gasteiger partial charge in [0, 0.05) is 5.38 Å². The van der Waals surface area contributed by atoms with E-state index in [0.29, 0.717) is 22.1 Å². The molecule has 5 heteroatoms. The Labute approximate surface area is 96.0 Å². The predicted molar refractivity (Wildman–Crippen MR) is 56.9 cm³/mol. The zero-order chi connectivity index (χ0) is 11.4. The molecule has 0 bridgehead atoms. The van der Waals surface area contributed by atoms with E-state index in [1.807, 2.05) is 12.1 Å². The molecule has 0 aliphatic heterocycles. The molecule has 0 saturated carbocycles. The Hall–Kier alpha value is -2.37. The van der Waals surface area contributed by atoms with Gasteiger partial charge in [0.15, 0.2) is 0 Å².